The van der Waals surface area contributed by atoms with Gasteiger partial charge in [0.2, 0.25) is 0 Å². The molecule has 0 saturated heterocycles. The molecule has 2 aromatic carbocycles. The first kappa shape index (κ1) is 19.2. The molecule has 1 aliphatic heterocycles. The number of carbonyl (C=O) groups excluding carboxylic acids is 2. The van der Waals surface area contributed by atoms with Gasteiger partial charge in [-0.25, -0.2) is 9.59 Å². The van der Waals surface area contributed by atoms with Crippen molar-refractivity contribution in [3.63, 3.8) is 0 Å². The highest BCUT2D eigenvalue weighted by molar-refractivity contribution is 5.89. The van der Waals surface area contributed by atoms with Gasteiger partial charge in [-0.15, -0.1) is 5.01 Å². The summed E-state index contributed by atoms with van der Waals surface area (Å²) in [6.45, 7) is 1.53. The molecule has 146 valence electrons. The normalized spacial score (nSPS) is 18.1. The van der Waals surface area contributed by atoms with Crippen LogP contribution >= 0.6 is 0 Å². The van der Waals surface area contributed by atoms with Crippen LogP contribution in [0.3, 0.4) is 0 Å². The summed E-state index contributed by atoms with van der Waals surface area (Å²) in [5, 5.41) is 4.75. The number of benzene rings is 2. The zero-order valence-corrected chi connectivity index (χ0v) is 15.5. The van der Waals surface area contributed by atoms with Crippen LogP contribution in [-0.2, 0) is 37.0 Å². The minimum absolute atomic E-state index is 0.0170. The molecule has 0 fully saturated rings. The summed E-state index contributed by atoms with van der Waals surface area (Å²) >= 11 is 0. The zero-order valence-electron chi connectivity index (χ0n) is 15.5. The minimum Gasteiger partial charge on any atom is -0.465 e. The van der Waals surface area contributed by atoms with Crippen LogP contribution in [0, 0.1) is 0 Å². The lowest BCUT2D eigenvalue weighted by molar-refractivity contribution is -0.172. The van der Waals surface area contributed by atoms with Crippen molar-refractivity contribution in [2.24, 2.45) is 5.10 Å². The van der Waals surface area contributed by atoms with Crippen LogP contribution < -0.4 is 0 Å². The number of carbonyl (C=O) groups is 2. The van der Waals surface area contributed by atoms with Gasteiger partial charge in [0.25, 0.3) is 0 Å². The molecule has 2 aromatic rings. The van der Waals surface area contributed by atoms with Crippen molar-refractivity contribution in [1.82, 2.24) is 5.01 Å². The fourth-order valence-electron chi connectivity index (χ4n) is 2.50. The maximum atomic E-state index is 12.5. The van der Waals surface area contributed by atoms with E-state index >= 15 is 0 Å². The molecular formula is C20H20N2O6. The van der Waals surface area contributed by atoms with Crippen LogP contribution in [0.2, 0.25) is 0 Å². The smallest absolute Gasteiger partial charge is 0.435 e. The molecule has 0 aliphatic carbocycles. The predicted molar refractivity (Wildman–Crippen MR) is 98.6 cm³/mol. The molecule has 8 nitrogen and oxygen atoms in total. The Morgan fingerprint density at radius 3 is 2.14 bits per heavy atom. The molecule has 28 heavy (non-hydrogen) atoms. The lowest BCUT2D eigenvalue weighted by Crippen LogP contribution is -2.52. The van der Waals surface area contributed by atoms with Gasteiger partial charge in [0.15, 0.2) is 0 Å². The van der Waals surface area contributed by atoms with Crippen LogP contribution in [0.1, 0.15) is 18.1 Å². The second-order valence-electron chi connectivity index (χ2n) is 6.07. The molecule has 1 atom stereocenters. The molecular weight excluding hydrogens is 364 g/mol. The molecule has 0 saturated carbocycles. The number of amides is 1. The zero-order chi connectivity index (χ0) is 20.0. The van der Waals surface area contributed by atoms with Crippen molar-refractivity contribution in [2.75, 3.05) is 7.11 Å². The molecule has 1 unspecified atom stereocenters. The Bertz CT molecular complexity index is 856. The number of hydrazone groups is 1. The SMILES string of the molecule is COC(=O)C1(C)OC(OCc2ccccc2)=NN1C(=O)OCc1ccccc1. The first-order chi connectivity index (χ1) is 13.5. The standard InChI is InChI=1S/C20H20N2O6/c1-20(17(23)25-2)22(19(24)27-14-16-11-7-4-8-12-16)21-18(28-20)26-13-15-9-5-3-6-10-15/h3-12H,13-14H2,1-2H3. The van der Waals surface area contributed by atoms with E-state index in [0.717, 1.165) is 16.1 Å². The first-order valence-corrected chi connectivity index (χ1v) is 8.56. The Morgan fingerprint density at radius 1 is 1.00 bits per heavy atom. The second kappa shape index (κ2) is 8.43. The van der Waals surface area contributed by atoms with Crippen molar-refractivity contribution >= 4 is 18.1 Å². The summed E-state index contributed by atoms with van der Waals surface area (Å²) in [5.41, 5.74) is -0.159. The fraction of sp³-hybridized carbons (Fsp3) is 0.250. The molecule has 0 N–H and O–H groups in total. The summed E-state index contributed by atoms with van der Waals surface area (Å²) in [4.78, 5) is 24.7. The number of esters is 1. The van der Waals surface area contributed by atoms with Crippen molar-refractivity contribution < 1.29 is 28.5 Å². The van der Waals surface area contributed by atoms with Crippen LogP contribution in [0.5, 0.6) is 0 Å². The van der Waals surface area contributed by atoms with Crippen molar-refractivity contribution in [2.45, 2.75) is 25.9 Å². The number of ether oxygens (including phenoxy) is 4. The number of rotatable bonds is 5. The molecule has 0 spiro atoms. The second-order valence-corrected chi connectivity index (χ2v) is 6.07. The Hall–Kier alpha value is -3.55. The molecule has 0 radical (unpaired) electrons. The first-order valence-electron chi connectivity index (χ1n) is 8.56. The molecule has 8 heteroatoms. The molecule has 3 rings (SSSR count). The van der Waals surface area contributed by atoms with Gasteiger partial charge < -0.3 is 18.9 Å². The average Bonchev–Trinajstić information content (AvgIpc) is 3.09. The molecule has 1 aliphatic rings. The largest absolute Gasteiger partial charge is 0.465 e. The third-order valence-electron chi connectivity index (χ3n) is 4.02. The Balaban J connectivity index is 1.71. The summed E-state index contributed by atoms with van der Waals surface area (Å²) < 4.78 is 21.0. The van der Waals surface area contributed by atoms with Gasteiger partial charge in [0, 0.05) is 6.92 Å². The van der Waals surface area contributed by atoms with Crippen molar-refractivity contribution in [3.8, 4) is 0 Å². The minimum atomic E-state index is -1.82. The number of methoxy groups -OCH3 is 1. The molecule has 1 amide bonds. The number of hydrogen-bond donors (Lipinski definition) is 0. The van der Waals surface area contributed by atoms with Crippen LogP contribution in [0.4, 0.5) is 4.79 Å². The van der Waals surface area contributed by atoms with Gasteiger partial charge >= 0.3 is 23.9 Å². The Morgan fingerprint density at radius 2 is 1.57 bits per heavy atom. The van der Waals surface area contributed by atoms with Gasteiger partial charge in [-0.1, -0.05) is 65.8 Å². The van der Waals surface area contributed by atoms with Gasteiger partial charge in [0.1, 0.15) is 13.2 Å². The lowest BCUT2D eigenvalue weighted by atomic mass is 10.2. The molecule has 0 bridgehead atoms. The van der Waals surface area contributed by atoms with E-state index in [1.807, 2.05) is 60.7 Å². The van der Waals surface area contributed by atoms with Gasteiger partial charge in [0.05, 0.1) is 7.11 Å². The molecule has 0 aromatic heterocycles. The van der Waals surface area contributed by atoms with Gasteiger partial charge in [-0.3, -0.25) is 0 Å². The van der Waals surface area contributed by atoms with E-state index < -0.39 is 17.8 Å². The predicted octanol–water partition coefficient (Wildman–Crippen LogP) is 3.03. The topological polar surface area (TPSA) is 86.7 Å². The third kappa shape index (κ3) is 4.22. The summed E-state index contributed by atoms with van der Waals surface area (Å²) in [6, 6.07) is 18.5. The highest BCUT2D eigenvalue weighted by atomic mass is 16.7. The van der Waals surface area contributed by atoms with E-state index in [1.54, 1.807) is 0 Å². The van der Waals surface area contributed by atoms with Crippen LogP contribution in [0.25, 0.3) is 0 Å². The summed E-state index contributed by atoms with van der Waals surface area (Å²) in [7, 11) is 1.19. The quantitative estimate of drug-likeness (QED) is 0.737. The Labute approximate surface area is 162 Å². The lowest BCUT2D eigenvalue weighted by Gasteiger charge is -2.26. The molecule has 1 heterocycles. The summed E-state index contributed by atoms with van der Waals surface area (Å²) in [5.74, 6) is -0.814. The van der Waals surface area contributed by atoms with E-state index in [0.29, 0.717) is 0 Å². The number of nitrogens with zero attached hydrogens (tertiary/aromatic N) is 2. The van der Waals surface area contributed by atoms with Gasteiger partial charge in [-0.2, -0.15) is 0 Å². The fourth-order valence-corrected chi connectivity index (χ4v) is 2.50. The van der Waals surface area contributed by atoms with Crippen LogP contribution in [-0.4, -0.2) is 36.0 Å². The van der Waals surface area contributed by atoms with Crippen molar-refractivity contribution in [3.05, 3.63) is 71.8 Å². The van der Waals surface area contributed by atoms with E-state index in [4.69, 9.17) is 18.9 Å². The number of hydrogen-bond acceptors (Lipinski definition) is 7. The van der Waals surface area contributed by atoms with E-state index in [1.165, 1.54) is 14.0 Å². The van der Waals surface area contributed by atoms with Gasteiger partial charge in [-0.05, 0) is 11.1 Å². The van der Waals surface area contributed by atoms with E-state index in [-0.39, 0.29) is 19.3 Å². The highest BCUT2D eigenvalue weighted by Crippen LogP contribution is 2.28. The van der Waals surface area contributed by atoms with Crippen molar-refractivity contribution in [1.29, 1.82) is 0 Å². The maximum Gasteiger partial charge on any atom is 0.435 e. The summed E-state index contributed by atoms with van der Waals surface area (Å²) in [6.07, 6.45) is -1.09. The highest BCUT2D eigenvalue weighted by Gasteiger charge is 2.53. The Kier molecular flexibility index (Phi) is 5.78. The average molecular weight is 384 g/mol. The van der Waals surface area contributed by atoms with E-state index in [9.17, 15) is 9.59 Å². The third-order valence-corrected chi connectivity index (χ3v) is 4.02. The van der Waals surface area contributed by atoms with Crippen LogP contribution in [0.15, 0.2) is 65.8 Å². The van der Waals surface area contributed by atoms with E-state index in [2.05, 4.69) is 5.10 Å². The maximum absolute atomic E-state index is 12.5. The monoisotopic (exact) mass is 384 g/mol.